The smallest absolute Gasteiger partial charge is 0.0424 e. The number of hydrogen-bond acceptors (Lipinski definition) is 2. The van der Waals surface area contributed by atoms with Crippen molar-refractivity contribution in [2.24, 2.45) is 5.73 Å². The van der Waals surface area contributed by atoms with E-state index in [1.165, 1.54) is 11.1 Å². The van der Waals surface area contributed by atoms with Crippen LogP contribution >= 0.6 is 0 Å². The highest BCUT2D eigenvalue weighted by atomic mass is 15.2. The lowest BCUT2D eigenvalue weighted by atomic mass is 10.0. The maximum absolute atomic E-state index is 6.24. The van der Waals surface area contributed by atoms with Gasteiger partial charge in [-0.1, -0.05) is 35.9 Å². The minimum Gasteiger partial charge on any atom is -0.323 e. The van der Waals surface area contributed by atoms with E-state index in [1.54, 1.807) is 0 Å². The molecule has 0 aliphatic carbocycles. The maximum Gasteiger partial charge on any atom is 0.0424 e. The molecule has 0 bridgehead atoms. The van der Waals surface area contributed by atoms with Gasteiger partial charge in [-0.15, -0.1) is 6.58 Å². The predicted octanol–water partition coefficient (Wildman–Crippen LogP) is 2.89. The highest BCUT2D eigenvalue weighted by Gasteiger charge is 2.13. The Hall–Kier alpha value is -1.12. The monoisotopic (exact) mass is 232 g/mol. The topological polar surface area (TPSA) is 29.3 Å². The van der Waals surface area contributed by atoms with Gasteiger partial charge in [-0.25, -0.2) is 0 Å². The largest absolute Gasteiger partial charge is 0.323 e. The van der Waals surface area contributed by atoms with Crippen molar-refractivity contribution in [1.82, 2.24) is 4.90 Å². The second-order valence-corrected chi connectivity index (χ2v) is 4.85. The average molecular weight is 232 g/mol. The van der Waals surface area contributed by atoms with Crippen LogP contribution in [0.3, 0.4) is 0 Å². The average Bonchev–Trinajstić information content (AvgIpc) is 2.29. The zero-order valence-electron chi connectivity index (χ0n) is 11.2. The number of aryl methyl sites for hydroxylation is 1. The fraction of sp³-hybridized carbons (Fsp3) is 0.467. The molecule has 1 atom stereocenters. The van der Waals surface area contributed by atoms with E-state index in [0.717, 1.165) is 13.1 Å². The van der Waals surface area contributed by atoms with E-state index >= 15 is 0 Å². The minimum atomic E-state index is 0.0675. The molecule has 0 aliphatic rings. The summed E-state index contributed by atoms with van der Waals surface area (Å²) in [4.78, 5) is 2.33. The van der Waals surface area contributed by atoms with Crippen LogP contribution in [0.2, 0.25) is 0 Å². The molecule has 17 heavy (non-hydrogen) atoms. The zero-order valence-corrected chi connectivity index (χ0v) is 11.2. The highest BCUT2D eigenvalue weighted by molar-refractivity contribution is 5.24. The summed E-state index contributed by atoms with van der Waals surface area (Å²) in [5, 5.41) is 0. The van der Waals surface area contributed by atoms with Crippen molar-refractivity contribution in [3.05, 3.63) is 48.0 Å². The number of nitrogens with zero attached hydrogens (tertiary/aromatic N) is 1. The lowest BCUT2D eigenvalue weighted by Gasteiger charge is -2.28. The Balaban J connectivity index is 2.66. The second kappa shape index (κ2) is 6.58. The molecule has 0 saturated carbocycles. The first kappa shape index (κ1) is 13.9. The third-order valence-corrected chi connectivity index (χ3v) is 3.03. The molecule has 0 aliphatic heterocycles. The standard InChI is InChI=1S/C15H24N2/c1-5-10-17(12(2)3)11-15(16)14-8-6-13(4)7-9-14/h5-9,12,15H,1,10-11,16H2,2-4H3. The summed E-state index contributed by atoms with van der Waals surface area (Å²) in [5.41, 5.74) is 8.71. The molecule has 0 amide bonds. The molecule has 0 spiro atoms. The highest BCUT2D eigenvalue weighted by Crippen LogP contribution is 2.14. The quantitative estimate of drug-likeness (QED) is 0.764. The van der Waals surface area contributed by atoms with Gasteiger partial charge in [0.15, 0.2) is 0 Å². The summed E-state index contributed by atoms with van der Waals surface area (Å²) in [5.74, 6) is 0. The van der Waals surface area contributed by atoms with Crippen LogP contribution in [0.15, 0.2) is 36.9 Å². The van der Waals surface area contributed by atoms with Crippen LogP contribution in [-0.2, 0) is 0 Å². The molecule has 1 unspecified atom stereocenters. The summed E-state index contributed by atoms with van der Waals surface area (Å²) in [7, 11) is 0. The molecule has 1 aromatic rings. The third kappa shape index (κ3) is 4.33. The van der Waals surface area contributed by atoms with E-state index in [2.05, 4.69) is 56.5 Å². The van der Waals surface area contributed by atoms with Crippen LogP contribution in [-0.4, -0.2) is 24.0 Å². The fourth-order valence-corrected chi connectivity index (χ4v) is 1.83. The molecular formula is C15H24N2. The van der Waals surface area contributed by atoms with Gasteiger partial charge >= 0.3 is 0 Å². The summed E-state index contributed by atoms with van der Waals surface area (Å²) in [6.07, 6.45) is 1.93. The Morgan fingerprint density at radius 2 is 1.88 bits per heavy atom. The normalized spacial score (nSPS) is 13.1. The van der Waals surface area contributed by atoms with E-state index in [4.69, 9.17) is 5.73 Å². The zero-order chi connectivity index (χ0) is 12.8. The van der Waals surface area contributed by atoms with Crippen molar-refractivity contribution in [3.8, 4) is 0 Å². The lowest BCUT2D eigenvalue weighted by Crippen LogP contribution is -2.37. The first-order valence-electron chi connectivity index (χ1n) is 6.21. The Bertz CT molecular complexity index is 340. The van der Waals surface area contributed by atoms with E-state index < -0.39 is 0 Å². The maximum atomic E-state index is 6.24. The van der Waals surface area contributed by atoms with Crippen molar-refractivity contribution in [2.75, 3.05) is 13.1 Å². The summed E-state index contributed by atoms with van der Waals surface area (Å²) in [6, 6.07) is 9.02. The third-order valence-electron chi connectivity index (χ3n) is 3.03. The van der Waals surface area contributed by atoms with Crippen molar-refractivity contribution in [1.29, 1.82) is 0 Å². The van der Waals surface area contributed by atoms with Crippen molar-refractivity contribution < 1.29 is 0 Å². The van der Waals surface area contributed by atoms with Crippen LogP contribution in [0.25, 0.3) is 0 Å². The number of nitrogens with two attached hydrogens (primary N) is 1. The molecule has 94 valence electrons. The van der Waals surface area contributed by atoms with E-state index in [1.807, 2.05) is 6.08 Å². The summed E-state index contributed by atoms with van der Waals surface area (Å²) in [6.45, 7) is 12.0. The lowest BCUT2D eigenvalue weighted by molar-refractivity contribution is 0.231. The van der Waals surface area contributed by atoms with Gasteiger partial charge in [-0.3, -0.25) is 4.90 Å². The Morgan fingerprint density at radius 1 is 1.29 bits per heavy atom. The molecule has 0 heterocycles. The van der Waals surface area contributed by atoms with Crippen LogP contribution in [0.1, 0.15) is 31.0 Å². The van der Waals surface area contributed by atoms with Gasteiger partial charge in [-0.2, -0.15) is 0 Å². The molecule has 0 aromatic heterocycles. The number of rotatable bonds is 6. The second-order valence-electron chi connectivity index (χ2n) is 4.85. The number of benzene rings is 1. The summed E-state index contributed by atoms with van der Waals surface area (Å²) < 4.78 is 0. The van der Waals surface area contributed by atoms with Crippen molar-refractivity contribution >= 4 is 0 Å². The molecule has 2 nitrogen and oxygen atoms in total. The Morgan fingerprint density at radius 3 is 2.35 bits per heavy atom. The van der Waals surface area contributed by atoms with E-state index in [-0.39, 0.29) is 6.04 Å². The van der Waals surface area contributed by atoms with Gasteiger partial charge in [0.1, 0.15) is 0 Å². The summed E-state index contributed by atoms with van der Waals surface area (Å²) >= 11 is 0. The van der Waals surface area contributed by atoms with Crippen LogP contribution in [0.4, 0.5) is 0 Å². The molecule has 2 N–H and O–H groups in total. The van der Waals surface area contributed by atoms with Gasteiger partial charge in [-0.05, 0) is 26.3 Å². The van der Waals surface area contributed by atoms with Gasteiger partial charge in [0, 0.05) is 25.2 Å². The van der Waals surface area contributed by atoms with Gasteiger partial charge in [0.2, 0.25) is 0 Å². The van der Waals surface area contributed by atoms with Crippen LogP contribution in [0.5, 0.6) is 0 Å². The fourth-order valence-electron chi connectivity index (χ4n) is 1.83. The predicted molar refractivity (Wildman–Crippen MR) is 75.0 cm³/mol. The van der Waals surface area contributed by atoms with Crippen molar-refractivity contribution in [2.45, 2.75) is 32.9 Å². The van der Waals surface area contributed by atoms with Gasteiger partial charge < -0.3 is 5.73 Å². The molecular weight excluding hydrogens is 208 g/mol. The van der Waals surface area contributed by atoms with E-state index in [9.17, 15) is 0 Å². The first-order valence-corrected chi connectivity index (χ1v) is 6.21. The van der Waals surface area contributed by atoms with Crippen LogP contribution in [0, 0.1) is 6.92 Å². The van der Waals surface area contributed by atoms with Gasteiger partial charge in [0.25, 0.3) is 0 Å². The molecule has 0 radical (unpaired) electrons. The molecule has 0 saturated heterocycles. The number of hydrogen-bond donors (Lipinski definition) is 1. The molecule has 2 heteroatoms. The Labute approximate surface area is 105 Å². The molecule has 1 rings (SSSR count). The Kier molecular flexibility index (Phi) is 5.39. The molecule has 0 fully saturated rings. The first-order chi connectivity index (χ1) is 8.04. The van der Waals surface area contributed by atoms with E-state index in [0.29, 0.717) is 6.04 Å². The van der Waals surface area contributed by atoms with Gasteiger partial charge in [0.05, 0.1) is 0 Å². The SMILES string of the molecule is C=CCN(CC(N)c1ccc(C)cc1)C(C)C. The van der Waals surface area contributed by atoms with Crippen molar-refractivity contribution in [3.63, 3.8) is 0 Å². The van der Waals surface area contributed by atoms with Crippen LogP contribution < -0.4 is 5.73 Å². The minimum absolute atomic E-state index is 0.0675. The molecule has 1 aromatic carbocycles.